The van der Waals surface area contributed by atoms with Crippen molar-refractivity contribution in [3.8, 4) is 0 Å². The molecule has 1 fully saturated rings. The molecule has 1 rings (SSSR count). The van der Waals surface area contributed by atoms with E-state index in [1.165, 1.54) is 6.08 Å². The zero-order chi connectivity index (χ0) is 20.9. The van der Waals surface area contributed by atoms with Gasteiger partial charge >= 0.3 is 6.09 Å². The predicted molar refractivity (Wildman–Crippen MR) is 110 cm³/mol. The average molecular weight is 419 g/mol. The number of likely N-dealkylation sites (tertiary alicyclic amines) is 1. The van der Waals surface area contributed by atoms with Crippen LogP contribution in [0, 0.1) is 11.3 Å². The summed E-state index contributed by atoms with van der Waals surface area (Å²) in [6, 6.07) is 0. The second-order valence-electron chi connectivity index (χ2n) is 8.28. The highest BCUT2D eigenvalue weighted by molar-refractivity contribution is 7.88. The van der Waals surface area contributed by atoms with E-state index in [0.29, 0.717) is 13.0 Å². The highest BCUT2D eigenvalue weighted by atomic mass is 32.2. The molecule has 1 aliphatic rings. The van der Waals surface area contributed by atoms with E-state index in [9.17, 15) is 13.2 Å². The minimum Gasteiger partial charge on any atom is -0.445 e. The van der Waals surface area contributed by atoms with Gasteiger partial charge in [0.1, 0.15) is 6.61 Å². The molecular formula is C18H34N2O5SSi. The minimum absolute atomic E-state index is 0.0144. The zero-order valence-electron chi connectivity index (χ0n) is 17.3. The lowest BCUT2D eigenvalue weighted by Crippen LogP contribution is -2.50. The number of nitrogens with zero attached hydrogens (tertiary/aromatic N) is 1. The number of hydrogen-bond acceptors (Lipinski definition) is 5. The number of carbonyl (C=O) groups is 1. The molecule has 1 saturated heterocycles. The second-order valence-corrected chi connectivity index (χ2v) is 12.4. The van der Waals surface area contributed by atoms with Crippen LogP contribution in [0.1, 0.15) is 27.2 Å². The molecular weight excluding hydrogens is 384 g/mol. The first-order chi connectivity index (χ1) is 12.3. The number of rotatable bonds is 8. The maximum Gasteiger partial charge on any atom is 0.412 e. The van der Waals surface area contributed by atoms with Crippen molar-refractivity contribution in [1.82, 2.24) is 9.62 Å². The monoisotopic (exact) mass is 418 g/mol. The summed E-state index contributed by atoms with van der Waals surface area (Å²) in [5.74, 6) is 0.217. The molecule has 0 spiro atoms. The largest absolute Gasteiger partial charge is 0.445 e. The lowest BCUT2D eigenvalue weighted by molar-refractivity contribution is -0.0132. The Morgan fingerprint density at radius 1 is 1.41 bits per heavy atom. The van der Waals surface area contributed by atoms with Crippen LogP contribution in [-0.2, 0) is 19.2 Å². The summed E-state index contributed by atoms with van der Waals surface area (Å²) in [6.45, 7) is 14.9. The third kappa shape index (κ3) is 7.40. The first kappa shape index (κ1) is 23.9. The van der Waals surface area contributed by atoms with Gasteiger partial charge in [0.15, 0.2) is 14.8 Å². The molecule has 0 aromatic heterocycles. The van der Waals surface area contributed by atoms with E-state index in [4.69, 9.17) is 9.16 Å². The van der Waals surface area contributed by atoms with Crippen LogP contribution in [0.5, 0.6) is 0 Å². The summed E-state index contributed by atoms with van der Waals surface area (Å²) >= 11 is 0. The van der Waals surface area contributed by atoms with Crippen LogP contribution in [0.2, 0.25) is 13.1 Å². The molecule has 0 aliphatic carbocycles. The van der Waals surface area contributed by atoms with Crippen LogP contribution in [0.25, 0.3) is 0 Å². The highest BCUT2D eigenvalue weighted by Crippen LogP contribution is 2.44. The van der Waals surface area contributed by atoms with Gasteiger partial charge in [-0.3, -0.25) is 4.90 Å². The third-order valence-electron chi connectivity index (χ3n) is 4.45. The third-order valence-corrected chi connectivity index (χ3v) is 6.02. The number of amides is 1. The van der Waals surface area contributed by atoms with Crippen molar-refractivity contribution in [2.45, 2.75) is 46.0 Å². The van der Waals surface area contributed by atoms with E-state index in [1.807, 2.05) is 13.1 Å². The number of sulfonamides is 1. The molecule has 0 aromatic rings. The summed E-state index contributed by atoms with van der Waals surface area (Å²) in [7, 11) is -4.81. The number of hydrogen-bond donors (Lipinski definition) is 1. The average Bonchev–Trinajstić information content (AvgIpc) is 2.87. The molecule has 2 atom stereocenters. The van der Waals surface area contributed by atoms with Crippen LogP contribution in [0.15, 0.2) is 24.8 Å². The Morgan fingerprint density at radius 2 is 2.04 bits per heavy atom. The molecule has 9 heteroatoms. The molecule has 1 N–H and O–H groups in total. The van der Waals surface area contributed by atoms with Crippen LogP contribution in [0.4, 0.5) is 4.79 Å². The van der Waals surface area contributed by atoms with Crippen molar-refractivity contribution in [3.05, 3.63) is 24.8 Å². The molecule has 0 radical (unpaired) electrons. The normalized spacial score (nSPS) is 24.0. The Morgan fingerprint density at radius 3 is 2.52 bits per heavy atom. The fourth-order valence-corrected chi connectivity index (χ4v) is 4.60. The van der Waals surface area contributed by atoms with Gasteiger partial charge in [0.05, 0.1) is 6.26 Å². The van der Waals surface area contributed by atoms with Crippen molar-refractivity contribution >= 4 is 25.2 Å². The van der Waals surface area contributed by atoms with Crippen molar-refractivity contribution in [2.24, 2.45) is 11.3 Å². The fourth-order valence-electron chi connectivity index (χ4n) is 3.08. The Hall–Kier alpha value is -1.16. The Labute approximate surface area is 165 Å². The van der Waals surface area contributed by atoms with Crippen molar-refractivity contribution in [2.75, 3.05) is 26.0 Å². The van der Waals surface area contributed by atoms with Crippen LogP contribution >= 0.6 is 0 Å². The van der Waals surface area contributed by atoms with E-state index >= 15 is 0 Å². The maximum absolute atomic E-state index is 12.7. The molecule has 0 saturated carbocycles. The van der Waals surface area contributed by atoms with Crippen molar-refractivity contribution in [3.63, 3.8) is 0 Å². The first-order valence-electron chi connectivity index (χ1n) is 9.16. The second kappa shape index (κ2) is 9.36. The number of ether oxygens (including phenoxy) is 1. The molecule has 0 unspecified atom stereocenters. The first-order valence-corrected chi connectivity index (χ1v) is 13.8. The predicted octanol–water partition coefficient (Wildman–Crippen LogP) is 2.48. The minimum atomic E-state index is -3.29. The molecule has 27 heavy (non-hydrogen) atoms. The van der Waals surface area contributed by atoms with Gasteiger partial charge in [-0.05, 0) is 30.5 Å². The lowest BCUT2D eigenvalue weighted by Gasteiger charge is -2.37. The summed E-state index contributed by atoms with van der Waals surface area (Å²) in [5, 5.41) is 0. The summed E-state index contributed by atoms with van der Waals surface area (Å²) in [6.07, 6.45) is 6.34. The van der Waals surface area contributed by atoms with Gasteiger partial charge in [0, 0.05) is 19.5 Å². The van der Waals surface area contributed by atoms with Crippen LogP contribution in [-0.4, -0.2) is 60.1 Å². The van der Waals surface area contributed by atoms with Gasteiger partial charge < -0.3 is 9.16 Å². The standard InChI is InChI=1S/C18H34N2O5SSi/c1-8-12-24-16(21)20-14-15(17(2,3)4)13-18(20,25-27(6)7)10-9-11-19-26(5,22)23/h8-10,15,19,27H,1,11-14H2,2-7H3/t15-,18+/m0/s1. The smallest absolute Gasteiger partial charge is 0.412 e. The topological polar surface area (TPSA) is 84.9 Å². The Bertz CT molecular complexity index is 657. The van der Waals surface area contributed by atoms with Crippen LogP contribution in [0.3, 0.4) is 0 Å². The zero-order valence-corrected chi connectivity index (χ0v) is 19.3. The quantitative estimate of drug-likeness (QED) is 0.483. The van der Waals surface area contributed by atoms with E-state index in [1.54, 1.807) is 17.1 Å². The van der Waals surface area contributed by atoms with Crippen molar-refractivity contribution in [1.29, 1.82) is 0 Å². The summed E-state index contributed by atoms with van der Waals surface area (Å²) in [4.78, 5) is 14.3. The number of nitrogens with one attached hydrogen (secondary N) is 1. The molecule has 1 heterocycles. The van der Waals surface area contributed by atoms with Gasteiger partial charge in [0.2, 0.25) is 10.0 Å². The molecule has 7 nitrogen and oxygen atoms in total. The highest BCUT2D eigenvalue weighted by Gasteiger charge is 2.51. The molecule has 1 amide bonds. The summed E-state index contributed by atoms with van der Waals surface area (Å²) in [5.41, 5.74) is -0.935. The SMILES string of the molecule is C=CCOC(=O)N1C[C@@H](C(C)(C)C)C[C@@]1(C=CCNS(C)(=O)=O)O[SiH](C)C. The van der Waals surface area contributed by atoms with Gasteiger partial charge in [-0.15, -0.1) is 0 Å². The van der Waals surface area contributed by atoms with Gasteiger partial charge in [-0.25, -0.2) is 17.9 Å². The lowest BCUT2D eigenvalue weighted by atomic mass is 9.79. The molecule has 0 aromatic carbocycles. The van der Waals surface area contributed by atoms with E-state index in [0.717, 1.165) is 6.26 Å². The molecule has 156 valence electrons. The van der Waals surface area contributed by atoms with E-state index in [-0.39, 0.29) is 24.5 Å². The molecule has 0 bridgehead atoms. The van der Waals surface area contributed by atoms with Gasteiger partial charge in [-0.1, -0.05) is 39.5 Å². The Kier molecular flexibility index (Phi) is 8.27. The number of carbonyl (C=O) groups excluding carboxylic acids is 1. The van der Waals surface area contributed by atoms with E-state index < -0.39 is 30.9 Å². The molecule has 1 aliphatic heterocycles. The van der Waals surface area contributed by atoms with E-state index in [2.05, 4.69) is 32.1 Å². The van der Waals surface area contributed by atoms with Gasteiger partial charge in [-0.2, -0.15) is 0 Å². The Balaban J connectivity index is 3.19. The van der Waals surface area contributed by atoms with Gasteiger partial charge in [0.25, 0.3) is 0 Å². The fraction of sp³-hybridized carbons (Fsp3) is 0.722. The van der Waals surface area contributed by atoms with Crippen LogP contribution < -0.4 is 4.72 Å². The maximum atomic E-state index is 12.7. The summed E-state index contributed by atoms with van der Waals surface area (Å²) < 4.78 is 36.7. The van der Waals surface area contributed by atoms with Crippen molar-refractivity contribution < 1.29 is 22.4 Å².